The molecule has 1 heteroatoms. The predicted octanol–water partition coefficient (Wildman–Crippen LogP) is 1.59. The first-order chi connectivity index (χ1) is 3.91. The molecular formula is C7H11N. The molecule has 0 fully saturated rings. The van der Waals surface area contributed by atoms with Gasteiger partial charge in [0.1, 0.15) is 0 Å². The van der Waals surface area contributed by atoms with Gasteiger partial charge in [0, 0.05) is 0 Å². The van der Waals surface area contributed by atoms with E-state index in [1.807, 2.05) is 31.2 Å². The van der Waals surface area contributed by atoms with Gasteiger partial charge < -0.3 is 5.73 Å². The highest BCUT2D eigenvalue weighted by Crippen LogP contribution is 1.75. The largest absolute Gasteiger partial charge is 0.405 e. The van der Waals surface area contributed by atoms with Crippen LogP contribution in [0.3, 0.4) is 0 Å². The van der Waals surface area contributed by atoms with E-state index >= 15 is 0 Å². The summed E-state index contributed by atoms with van der Waals surface area (Å²) in [7, 11) is 0. The molecule has 0 aliphatic carbocycles. The molecule has 0 saturated carbocycles. The minimum Gasteiger partial charge on any atom is -0.405 e. The molecule has 8 heavy (non-hydrogen) atoms. The predicted molar refractivity (Wildman–Crippen MR) is 37.3 cm³/mol. The molecule has 0 aromatic carbocycles. The van der Waals surface area contributed by atoms with Gasteiger partial charge in [-0.15, -0.1) is 0 Å². The zero-order valence-corrected chi connectivity index (χ0v) is 5.04. The van der Waals surface area contributed by atoms with Gasteiger partial charge in [-0.2, -0.15) is 0 Å². The Balaban J connectivity index is 3.35. The van der Waals surface area contributed by atoms with Crippen molar-refractivity contribution in [3.05, 3.63) is 36.6 Å². The second-order valence-corrected chi connectivity index (χ2v) is 1.30. The van der Waals surface area contributed by atoms with Crippen LogP contribution in [-0.2, 0) is 0 Å². The van der Waals surface area contributed by atoms with E-state index in [-0.39, 0.29) is 0 Å². The Morgan fingerprint density at radius 3 is 2.12 bits per heavy atom. The summed E-state index contributed by atoms with van der Waals surface area (Å²) in [6, 6.07) is 0. The molecule has 0 radical (unpaired) electrons. The Hall–Kier alpha value is -0.980. The summed E-state index contributed by atoms with van der Waals surface area (Å²) >= 11 is 0. The number of hydrogen-bond donors (Lipinski definition) is 1. The minimum absolute atomic E-state index is 1.50. The Kier molecular flexibility index (Phi) is 5.28. The molecule has 2 N–H and O–H groups in total. The Morgan fingerprint density at radius 2 is 1.62 bits per heavy atom. The van der Waals surface area contributed by atoms with Gasteiger partial charge in [-0.3, -0.25) is 0 Å². The van der Waals surface area contributed by atoms with Crippen molar-refractivity contribution in [2.75, 3.05) is 0 Å². The van der Waals surface area contributed by atoms with Crippen molar-refractivity contribution in [1.82, 2.24) is 0 Å². The van der Waals surface area contributed by atoms with E-state index in [1.165, 1.54) is 6.20 Å². The molecule has 0 aliphatic rings. The monoisotopic (exact) mass is 109 g/mol. The molecule has 0 atom stereocenters. The first-order valence-electron chi connectivity index (χ1n) is 2.58. The van der Waals surface area contributed by atoms with Crippen molar-refractivity contribution in [3.8, 4) is 0 Å². The molecule has 0 amide bonds. The molecule has 0 aromatic heterocycles. The fourth-order valence-electron chi connectivity index (χ4n) is 0.304. The Labute approximate surface area is 50.2 Å². The van der Waals surface area contributed by atoms with Crippen LogP contribution in [0.5, 0.6) is 0 Å². The van der Waals surface area contributed by atoms with Crippen molar-refractivity contribution in [2.45, 2.75) is 6.92 Å². The van der Waals surface area contributed by atoms with Crippen LogP contribution < -0.4 is 5.73 Å². The molecule has 0 unspecified atom stereocenters. The molecule has 0 heterocycles. The highest BCUT2D eigenvalue weighted by atomic mass is 14.5. The Morgan fingerprint density at radius 1 is 1.00 bits per heavy atom. The van der Waals surface area contributed by atoms with Crippen molar-refractivity contribution < 1.29 is 0 Å². The third-order valence-electron chi connectivity index (χ3n) is 0.637. The summed E-state index contributed by atoms with van der Waals surface area (Å²) in [6.07, 6.45) is 11.0. The summed E-state index contributed by atoms with van der Waals surface area (Å²) in [4.78, 5) is 0. The second kappa shape index (κ2) is 6.02. The highest BCUT2D eigenvalue weighted by molar-refractivity contribution is 5.09. The smallest absolute Gasteiger partial charge is 0.00624 e. The van der Waals surface area contributed by atoms with E-state index in [9.17, 15) is 0 Å². The lowest BCUT2D eigenvalue weighted by atomic mass is 10.4. The zero-order chi connectivity index (χ0) is 6.24. The maximum atomic E-state index is 5.05. The fourth-order valence-corrected chi connectivity index (χ4v) is 0.304. The zero-order valence-electron chi connectivity index (χ0n) is 5.04. The molecule has 0 saturated heterocycles. The standard InChI is InChI=1S/C7H11N/c1-2-3-4-5-6-7-8/h2-7H,8H2,1H3/b3-2+,5-4-,7-6-. The van der Waals surface area contributed by atoms with E-state index in [0.29, 0.717) is 0 Å². The van der Waals surface area contributed by atoms with Crippen LogP contribution in [0.4, 0.5) is 0 Å². The van der Waals surface area contributed by atoms with Gasteiger partial charge in [0.05, 0.1) is 0 Å². The summed E-state index contributed by atoms with van der Waals surface area (Å²) in [6.45, 7) is 1.97. The van der Waals surface area contributed by atoms with Gasteiger partial charge in [-0.1, -0.05) is 24.3 Å². The number of rotatable bonds is 2. The average Bonchev–Trinajstić information content (AvgIpc) is 1.81. The minimum atomic E-state index is 1.50. The maximum absolute atomic E-state index is 5.05. The molecular weight excluding hydrogens is 98.1 g/mol. The molecule has 0 bridgehead atoms. The third-order valence-corrected chi connectivity index (χ3v) is 0.637. The van der Waals surface area contributed by atoms with Crippen molar-refractivity contribution in [1.29, 1.82) is 0 Å². The van der Waals surface area contributed by atoms with Gasteiger partial charge >= 0.3 is 0 Å². The van der Waals surface area contributed by atoms with E-state index in [4.69, 9.17) is 5.73 Å². The Bertz CT molecular complexity index is 95.6. The number of allylic oxidation sites excluding steroid dienone is 5. The van der Waals surface area contributed by atoms with E-state index in [0.717, 1.165) is 0 Å². The second-order valence-electron chi connectivity index (χ2n) is 1.30. The lowest BCUT2D eigenvalue weighted by Gasteiger charge is -1.68. The molecule has 1 nitrogen and oxygen atoms in total. The van der Waals surface area contributed by atoms with Crippen molar-refractivity contribution in [2.24, 2.45) is 5.73 Å². The molecule has 44 valence electrons. The first-order valence-corrected chi connectivity index (χ1v) is 2.58. The van der Waals surface area contributed by atoms with Gasteiger partial charge in [-0.25, -0.2) is 0 Å². The van der Waals surface area contributed by atoms with E-state index in [2.05, 4.69) is 0 Å². The van der Waals surface area contributed by atoms with Gasteiger partial charge in [0.2, 0.25) is 0 Å². The topological polar surface area (TPSA) is 26.0 Å². The molecule has 0 spiro atoms. The summed E-state index contributed by atoms with van der Waals surface area (Å²) in [5.41, 5.74) is 5.05. The molecule has 0 rings (SSSR count). The maximum Gasteiger partial charge on any atom is -0.00624 e. The van der Waals surface area contributed by atoms with E-state index < -0.39 is 0 Å². The summed E-state index contributed by atoms with van der Waals surface area (Å²) < 4.78 is 0. The van der Waals surface area contributed by atoms with Gasteiger partial charge in [0.15, 0.2) is 0 Å². The van der Waals surface area contributed by atoms with Crippen molar-refractivity contribution in [3.63, 3.8) is 0 Å². The van der Waals surface area contributed by atoms with Crippen LogP contribution in [0.1, 0.15) is 6.92 Å². The van der Waals surface area contributed by atoms with Gasteiger partial charge in [-0.05, 0) is 19.2 Å². The quantitative estimate of drug-likeness (QED) is 0.535. The molecule has 0 aromatic rings. The number of nitrogens with two attached hydrogens (primary N) is 1. The average molecular weight is 109 g/mol. The van der Waals surface area contributed by atoms with Crippen LogP contribution in [0, 0.1) is 0 Å². The van der Waals surface area contributed by atoms with Gasteiger partial charge in [0.25, 0.3) is 0 Å². The number of hydrogen-bond acceptors (Lipinski definition) is 1. The lowest BCUT2D eigenvalue weighted by Crippen LogP contribution is -1.71. The third kappa shape index (κ3) is 5.02. The van der Waals surface area contributed by atoms with Crippen LogP contribution in [0.15, 0.2) is 36.6 Å². The van der Waals surface area contributed by atoms with Crippen molar-refractivity contribution >= 4 is 0 Å². The van der Waals surface area contributed by atoms with Crippen LogP contribution in [0.2, 0.25) is 0 Å². The first kappa shape index (κ1) is 7.02. The summed E-state index contributed by atoms with van der Waals surface area (Å²) in [5.74, 6) is 0. The van der Waals surface area contributed by atoms with Crippen LogP contribution in [0.25, 0.3) is 0 Å². The fraction of sp³-hybridized carbons (Fsp3) is 0.143. The SMILES string of the molecule is C/C=C/C=C\C=C/N. The van der Waals surface area contributed by atoms with Crippen LogP contribution >= 0.6 is 0 Å². The van der Waals surface area contributed by atoms with E-state index in [1.54, 1.807) is 6.08 Å². The highest BCUT2D eigenvalue weighted by Gasteiger charge is 1.55. The molecule has 0 aliphatic heterocycles. The normalized spacial score (nSPS) is 12.6. The summed E-state index contributed by atoms with van der Waals surface area (Å²) in [5, 5.41) is 0. The lowest BCUT2D eigenvalue weighted by molar-refractivity contribution is 1.60. The van der Waals surface area contributed by atoms with Crippen LogP contribution in [-0.4, -0.2) is 0 Å².